The van der Waals surface area contributed by atoms with Crippen LogP contribution in [0.3, 0.4) is 0 Å². The topological polar surface area (TPSA) is 103 Å². The molecule has 0 aliphatic carbocycles. The van der Waals surface area contributed by atoms with Gasteiger partial charge < -0.3 is 5.11 Å². The molecule has 1 rings (SSSR count). The number of hydrogen-bond donors (Lipinski definition) is 2. The van der Waals surface area contributed by atoms with Gasteiger partial charge in [-0.15, -0.1) is 0 Å². The normalized spacial score (nSPS) is 12.3. The number of aromatic nitrogens is 2. The number of hydrogen-bond acceptors (Lipinski definition) is 4. The van der Waals surface area contributed by atoms with Crippen molar-refractivity contribution in [2.24, 2.45) is 0 Å². The predicted octanol–water partition coefficient (Wildman–Crippen LogP) is 0.527. The molecule has 17 heavy (non-hydrogen) atoms. The van der Waals surface area contributed by atoms with E-state index in [1.807, 2.05) is 0 Å². The van der Waals surface area contributed by atoms with E-state index in [0.717, 1.165) is 6.20 Å². The number of aromatic carboxylic acids is 1. The van der Waals surface area contributed by atoms with E-state index in [1.165, 1.54) is 4.31 Å². The monoisotopic (exact) mass is 261 g/mol. The summed E-state index contributed by atoms with van der Waals surface area (Å²) >= 11 is 0. The standard InChI is InChI=1S/C9H15N3O4S/c1-4-12(6(2)3)17(15,16)8-7(9(13)14)5-10-11-8/h5-6H,4H2,1-3H3,(H,10,11)(H,13,14). The van der Waals surface area contributed by atoms with E-state index in [-0.39, 0.29) is 23.2 Å². The second-order valence-corrected chi connectivity index (χ2v) is 5.55. The smallest absolute Gasteiger partial charge is 0.340 e. The summed E-state index contributed by atoms with van der Waals surface area (Å²) in [7, 11) is -3.85. The van der Waals surface area contributed by atoms with Crippen molar-refractivity contribution in [2.45, 2.75) is 31.8 Å². The van der Waals surface area contributed by atoms with Crippen molar-refractivity contribution in [3.05, 3.63) is 11.8 Å². The Morgan fingerprint density at radius 1 is 1.59 bits per heavy atom. The van der Waals surface area contributed by atoms with Crippen molar-refractivity contribution >= 4 is 16.0 Å². The van der Waals surface area contributed by atoms with Crippen molar-refractivity contribution < 1.29 is 18.3 Å². The Hall–Kier alpha value is -1.41. The second kappa shape index (κ2) is 4.84. The van der Waals surface area contributed by atoms with E-state index >= 15 is 0 Å². The van der Waals surface area contributed by atoms with Crippen molar-refractivity contribution in [3.8, 4) is 0 Å². The first-order valence-electron chi connectivity index (χ1n) is 5.10. The molecule has 0 atom stereocenters. The number of H-pyrrole nitrogens is 1. The number of sulfonamides is 1. The van der Waals surface area contributed by atoms with Crippen molar-refractivity contribution in [2.75, 3.05) is 6.54 Å². The maximum atomic E-state index is 12.2. The molecule has 0 unspecified atom stereocenters. The summed E-state index contributed by atoms with van der Waals surface area (Å²) in [6, 6.07) is -0.255. The first-order chi connectivity index (χ1) is 7.82. The molecule has 0 aliphatic heterocycles. The zero-order valence-electron chi connectivity index (χ0n) is 9.84. The molecular weight excluding hydrogens is 246 g/mol. The van der Waals surface area contributed by atoms with Gasteiger partial charge in [0.1, 0.15) is 5.56 Å². The predicted molar refractivity (Wildman–Crippen MR) is 60.2 cm³/mol. The first kappa shape index (κ1) is 13.7. The Labute approximate surface area is 99.5 Å². The van der Waals surface area contributed by atoms with Crippen LogP contribution in [0.15, 0.2) is 11.2 Å². The van der Waals surface area contributed by atoms with E-state index < -0.39 is 16.0 Å². The van der Waals surface area contributed by atoms with Crippen LogP contribution in [0.1, 0.15) is 31.1 Å². The highest BCUT2D eigenvalue weighted by Gasteiger charge is 2.31. The molecule has 0 amide bonds. The highest BCUT2D eigenvalue weighted by molar-refractivity contribution is 7.89. The Morgan fingerprint density at radius 3 is 2.59 bits per heavy atom. The van der Waals surface area contributed by atoms with Crippen LogP contribution in [0.25, 0.3) is 0 Å². The minimum absolute atomic E-state index is 0.255. The summed E-state index contributed by atoms with van der Waals surface area (Å²) in [5, 5.41) is 14.2. The van der Waals surface area contributed by atoms with Crippen LogP contribution in [-0.4, -0.2) is 46.6 Å². The Morgan fingerprint density at radius 2 is 2.18 bits per heavy atom. The quantitative estimate of drug-likeness (QED) is 0.804. The minimum Gasteiger partial charge on any atom is -0.478 e. The van der Waals surface area contributed by atoms with Gasteiger partial charge in [0, 0.05) is 12.6 Å². The van der Waals surface area contributed by atoms with Crippen LogP contribution in [0.5, 0.6) is 0 Å². The Bertz CT molecular complexity index is 506. The number of carboxylic acid groups (broad SMARTS) is 1. The maximum Gasteiger partial charge on any atom is 0.340 e. The van der Waals surface area contributed by atoms with Gasteiger partial charge in [-0.1, -0.05) is 6.92 Å². The molecule has 0 radical (unpaired) electrons. The van der Waals surface area contributed by atoms with Crippen molar-refractivity contribution in [1.29, 1.82) is 0 Å². The molecule has 0 fully saturated rings. The van der Waals surface area contributed by atoms with Crippen LogP contribution in [0.2, 0.25) is 0 Å². The van der Waals surface area contributed by atoms with Crippen LogP contribution in [0, 0.1) is 0 Å². The first-order valence-corrected chi connectivity index (χ1v) is 6.54. The van der Waals surface area contributed by atoms with E-state index in [1.54, 1.807) is 20.8 Å². The highest BCUT2D eigenvalue weighted by atomic mass is 32.2. The Kier molecular flexibility index (Phi) is 3.89. The highest BCUT2D eigenvalue weighted by Crippen LogP contribution is 2.19. The van der Waals surface area contributed by atoms with E-state index in [0.29, 0.717) is 0 Å². The molecular formula is C9H15N3O4S. The summed E-state index contributed by atoms with van der Waals surface area (Å²) in [6.07, 6.45) is 0.989. The molecule has 0 aromatic carbocycles. The average molecular weight is 261 g/mol. The van der Waals surface area contributed by atoms with Gasteiger partial charge in [-0.25, -0.2) is 13.2 Å². The lowest BCUT2D eigenvalue weighted by Gasteiger charge is -2.23. The SMILES string of the molecule is CCN(C(C)C)S(=O)(=O)c1[nH]ncc1C(=O)O. The second-order valence-electron chi connectivity index (χ2n) is 3.72. The van der Waals surface area contributed by atoms with Gasteiger partial charge in [0.2, 0.25) is 0 Å². The molecule has 0 saturated heterocycles. The largest absolute Gasteiger partial charge is 0.478 e. The lowest BCUT2D eigenvalue weighted by molar-refractivity contribution is 0.0692. The number of nitrogens with zero attached hydrogens (tertiary/aromatic N) is 2. The van der Waals surface area contributed by atoms with Crippen LogP contribution in [0.4, 0.5) is 0 Å². The van der Waals surface area contributed by atoms with E-state index in [4.69, 9.17) is 5.11 Å². The van der Waals surface area contributed by atoms with Crippen LogP contribution >= 0.6 is 0 Å². The molecule has 1 heterocycles. The minimum atomic E-state index is -3.85. The van der Waals surface area contributed by atoms with Crippen molar-refractivity contribution in [1.82, 2.24) is 14.5 Å². The number of aromatic amines is 1. The fourth-order valence-corrected chi connectivity index (χ4v) is 3.27. The van der Waals surface area contributed by atoms with Gasteiger partial charge in [-0.2, -0.15) is 9.40 Å². The van der Waals surface area contributed by atoms with Gasteiger partial charge in [0.15, 0.2) is 5.03 Å². The fraction of sp³-hybridized carbons (Fsp3) is 0.556. The molecule has 0 saturated carbocycles. The summed E-state index contributed by atoms with van der Waals surface area (Å²) in [5.74, 6) is -1.32. The molecule has 2 N–H and O–H groups in total. The van der Waals surface area contributed by atoms with Crippen LogP contribution < -0.4 is 0 Å². The zero-order chi connectivity index (χ0) is 13.2. The van der Waals surface area contributed by atoms with Gasteiger partial charge >= 0.3 is 5.97 Å². The summed E-state index contributed by atoms with van der Waals surface area (Å²) in [4.78, 5) is 10.9. The molecule has 7 nitrogen and oxygen atoms in total. The zero-order valence-corrected chi connectivity index (χ0v) is 10.7. The summed E-state index contributed by atoms with van der Waals surface area (Å²) < 4.78 is 25.6. The van der Waals surface area contributed by atoms with Gasteiger partial charge in [-0.3, -0.25) is 5.10 Å². The average Bonchev–Trinajstić information content (AvgIpc) is 2.65. The van der Waals surface area contributed by atoms with E-state index in [9.17, 15) is 13.2 Å². The van der Waals surface area contributed by atoms with Crippen molar-refractivity contribution in [3.63, 3.8) is 0 Å². The lowest BCUT2D eigenvalue weighted by atomic mass is 10.4. The molecule has 1 aromatic heterocycles. The lowest BCUT2D eigenvalue weighted by Crippen LogP contribution is -2.37. The molecule has 0 bridgehead atoms. The molecule has 1 aromatic rings. The number of rotatable bonds is 5. The summed E-state index contributed by atoms with van der Waals surface area (Å²) in [6.45, 7) is 5.39. The van der Waals surface area contributed by atoms with Gasteiger partial charge in [0.25, 0.3) is 10.0 Å². The Balaban J connectivity index is 3.30. The van der Waals surface area contributed by atoms with Gasteiger partial charge in [-0.05, 0) is 13.8 Å². The molecule has 0 aliphatic rings. The van der Waals surface area contributed by atoms with Gasteiger partial charge in [0.05, 0.1) is 6.20 Å². The maximum absolute atomic E-state index is 12.2. The van der Waals surface area contributed by atoms with Crippen LogP contribution in [-0.2, 0) is 10.0 Å². The third kappa shape index (κ3) is 2.47. The summed E-state index contributed by atoms with van der Waals surface area (Å²) in [5.41, 5.74) is -0.343. The number of carbonyl (C=O) groups is 1. The number of carboxylic acids is 1. The number of nitrogens with one attached hydrogen (secondary N) is 1. The molecule has 8 heteroatoms. The third-order valence-electron chi connectivity index (χ3n) is 2.29. The molecule has 96 valence electrons. The molecule has 0 spiro atoms. The fourth-order valence-electron chi connectivity index (χ4n) is 1.55. The van der Waals surface area contributed by atoms with E-state index in [2.05, 4.69) is 10.2 Å². The third-order valence-corrected chi connectivity index (χ3v) is 4.41.